The zero-order valence-corrected chi connectivity index (χ0v) is 11.6. The smallest absolute Gasteiger partial charge is 0.0719 e. The first-order chi connectivity index (χ1) is 10.8. The molecule has 6 aromatic heterocycles. The van der Waals surface area contributed by atoms with Gasteiger partial charge in [-0.1, -0.05) is 0 Å². The van der Waals surface area contributed by atoms with Crippen LogP contribution in [0.1, 0.15) is 0 Å². The van der Waals surface area contributed by atoms with Crippen LogP contribution < -0.4 is 4.90 Å². The van der Waals surface area contributed by atoms with E-state index in [1.807, 2.05) is 0 Å². The summed E-state index contributed by atoms with van der Waals surface area (Å²) in [5.41, 5.74) is 10.5. The molecule has 0 atom stereocenters. The van der Waals surface area contributed by atoms with Crippen LogP contribution in [0.5, 0.6) is 0 Å². The number of nitrogens with zero attached hydrogens (tertiary/aromatic N) is 1. The molecule has 0 amide bonds. The van der Waals surface area contributed by atoms with Gasteiger partial charge >= 0.3 is 0 Å². The van der Waals surface area contributed by atoms with Gasteiger partial charge in [-0.25, -0.2) is 0 Å². The lowest BCUT2D eigenvalue weighted by Gasteiger charge is -2.23. The molecule has 6 bridgehead atoms. The summed E-state index contributed by atoms with van der Waals surface area (Å²) in [4.78, 5) is 12.6. The Morgan fingerprint density at radius 1 is 0.500 bits per heavy atom. The van der Waals surface area contributed by atoms with E-state index < -0.39 is 0 Å². The zero-order valence-electron chi connectivity index (χ0n) is 11.6. The molecule has 0 unspecified atom stereocenters. The van der Waals surface area contributed by atoms with Gasteiger partial charge in [-0.05, 0) is 54.6 Å². The molecule has 4 nitrogen and oxygen atoms in total. The first-order valence-electron chi connectivity index (χ1n) is 7.38. The molecule has 0 fully saturated rings. The molecule has 6 rings (SSSR count). The highest BCUT2D eigenvalue weighted by Crippen LogP contribution is 2.44. The number of nitrogens with one attached hydrogen (secondary N) is 3. The first-order valence-corrected chi connectivity index (χ1v) is 7.38. The van der Waals surface area contributed by atoms with Crippen molar-refractivity contribution in [1.29, 1.82) is 0 Å². The van der Waals surface area contributed by atoms with Crippen molar-refractivity contribution in [2.75, 3.05) is 4.90 Å². The van der Waals surface area contributed by atoms with Crippen LogP contribution in [0.3, 0.4) is 0 Å². The van der Waals surface area contributed by atoms with E-state index in [0.717, 1.165) is 33.1 Å². The fraction of sp³-hybridized carbons (Fsp3) is 0. The van der Waals surface area contributed by atoms with Gasteiger partial charge in [-0.3, -0.25) is 0 Å². The van der Waals surface area contributed by atoms with Crippen molar-refractivity contribution in [2.24, 2.45) is 0 Å². The lowest BCUT2D eigenvalue weighted by atomic mass is 10.2. The molecule has 0 spiro atoms. The Balaban J connectivity index is 1.67. The third-order valence-corrected chi connectivity index (χ3v) is 4.55. The lowest BCUT2D eigenvalue weighted by Crippen LogP contribution is -2.09. The number of H-pyrrole nitrogens is 3. The van der Waals surface area contributed by atoms with E-state index in [4.69, 9.17) is 0 Å². The molecule has 3 N–H and O–H groups in total. The molecule has 4 heteroatoms. The molecule has 0 saturated carbocycles. The summed E-state index contributed by atoms with van der Waals surface area (Å²) in [6.07, 6.45) is 0. The predicted octanol–water partition coefficient (Wildman–Crippen LogP) is 4.91. The van der Waals surface area contributed by atoms with Crippen LogP contribution in [0.2, 0.25) is 0 Å². The largest absolute Gasteiger partial charge is 0.354 e. The van der Waals surface area contributed by atoms with Gasteiger partial charge < -0.3 is 19.9 Å². The molecule has 0 aliphatic rings. The number of aromatic nitrogens is 3. The van der Waals surface area contributed by atoms with E-state index >= 15 is 0 Å². The molecule has 0 aliphatic carbocycles. The van der Waals surface area contributed by atoms with E-state index in [1.54, 1.807) is 0 Å². The van der Waals surface area contributed by atoms with E-state index in [0.29, 0.717) is 0 Å². The molecular formula is C18H12N4. The van der Waals surface area contributed by atoms with Crippen molar-refractivity contribution in [1.82, 2.24) is 15.0 Å². The van der Waals surface area contributed by atoms with E-state index in [9.17, 15) is 0 Å². The van der Waals surface area contributed by atoms with Crippen LogP contribution in [0, 0.1) is 0 Å². The number of rotatable bonds is 3. The molecule has 0 saturated heterocycles. The first kappa shape index (κ1) is 10.6. The summed E-state index contributed by atoms with van der Waals surface area (Å²) in [6.45, 7) is 0. The van der Waals surface area contributed by atoms with Gasteiger partial charge in [0.05, 0.1) is 33.6 Å². The summed E-state index contributed by atoms with van der Waals surface area (Å²) in [5.74, 6) is 0. The second kappa shape index (κ2) is 3.36. The third kappa shape index (κ3) is 1.18. The molecule has 0 aromatic carbocycles. The van der Waals surface area contributed by atoms with Crippen LogP contribution >= 0.6 is 0 Å². The topological polar surface area (TPSA) is 50.6 Å². The summed E-state index contributed by atoms with van der Waals surface area (Å²) in [6, 6.07) is 19.4. The van der Waals surface area contributed by atoms with Gasteiger partial charge in [0, 0.05) is 16.6 Å². The van der Waals surface area contributed by atoms with E-state index in [1.165, 1.54) is 17.1 Å². The maximum absolute atomic E-state index is 3.42. The normalized spacial score (nSPS) is 12.5. The van der Waals surface area contributed by atoms with Crippen molar-refractivity contribution in [3.8, 4) is 0 Å². The van der Waals surface area contributed by atoms with E-state index in [-0.39, 0.29) is 0 Å². The maximum atomic E-state index is 3.42. The Morgan fingerprint density at radius 2 is 0.864 bits per heavy atom. The van der Waals surface area contributed by atoms with Crippen molar-refractivity contribution in [3.63, 3.8) is 0 Å². The number of hydrogen-bond acceptors (Lipinski definition) is 1. The number of fused-ring (bicyclic) bond motifs is 6. The fourth-order valence-corrected chi connectivity index (χ4v) is 3.56. The van der Waals surface area contributed by atoms with Crippen LogP contribution in [-0.4, -0.2) is 15.0 Å². The zero-order chi connectivity index (χ0) is 14.3. The summed E-state index contributed by atoms with van der Waals surface area (Å²) in [7, 11) is 0. The second-order valence-corrected chi connectivity index (χ2v) is 5.91. The lowest BCUT2D eigenvalue weighted by molar-refractivity contribution is 1.34. The Kier molecular flexibility index (Phi) is 1.61. The fourth-order valence-electron chi connectivity index (χ4n) is 3.56. The van der Waals surface area contributed by atoms with Crippen LogP contribution in [0.15, 0.2) is 54.6 Å². The molecule has 22 heavy (non-hydrogen) atoms. The minimum Gasteiger partial charge on any atom is -0.354 e. The highest BCUT2D eigenvalue weighted by atomic mass is 15.2. The Labute approximate surface area is 125 Å². The average Bonchev–Trinajstić information content (AvgIpc) is 3.32. The third-order valence-electron chi connectivity index (χ3n) is 4.55. The van der Waals surface area contributed by atoms with Gasteiger partial charge in [-0.2, -0.15) is 0 Å². The van der Waals surface area contributed by atoms with Crippen molar-refractivity contribution >= 4 is 50.2 Å². The van der Waals surface area contributed by atoms with Crippen LogP contribution in [-0.2, 0) is 0 Å². The standard InChI is InChI=1S/C18H12N4/c1-4-13-16(7-10(1)19-13)22(17-8-11-2-5-14(17)20-11)18-9-12-3-6-15(18)21-12/h1-9,19-21H. The molecule has 0 aliphatic heterocycles. The minimum absolute atomic E-state index is 1.16. The van der Waals surface area contributed by atoms with Crippen LogP contribution in [0.25, 0.3) is 33.1 Å². The Bertz CT molecular complexity index is 1040. The van der Waals surface area contributed by atoms with Gasteiger partial charge in [0.15, 0.2) is 0 Å². The molecule has 0 radical (unpaired) electrons. The minimum atomic E-state index is 1.16. The predicted molar refractivity (Wildman–Crippen MR) is 90.3 cm³/mol. The van der Waals surface area contributed by atoms with Crippen molar-refractivity contribution in [3.05, 3.63) is 54.6 Å². The summed E-state index contributed by atoms with van der Waals surface area (Å²) >= 11 is 0. The maximum Gasteiger partial charge on any atom is 0.0719 e. The Morgan fingerprint density at radius 3 is 1.09 bits per heavy atom. The van der Waals surface area contributed by atoms with Gasteiger partial charge in [0.2, 0.25) is 0 Å². The van der Waals surface area contributed by atoms with Crippen molar-refractivity contribution < 1.29 is 0 Å². The number of hydrogen-bond donors (Lipinski definition) is 3. The van der Waals surface area contributed by atoms with Gasteiger partial charge in [-0.15, -0.1) is 0 Å². The summed E-state index contributed by atoms with van der Waals surface area (Å²) in [5, 5.41) is 0. The quantitative estimate of drug-likeness (QED) is 0.425. The van der Waals surface area contributed by atoms with Gasteiger partial charge in [0.25, 0.3) is 0 Å². The highest BCUT2D eigenvalue weighted by Gasteiger charge is 2.23. The molecular weight excluding hydrogens is 272 g/mol. The molecule has 6 heterocycles. The second-order valence-electron chi connectivity index (χ2n) is 5.91. The molecule has 6 aromatic rings. The van der Waals surface area contributed by atoms with Crippen LogP contribution in [0.4, 0.5) is 17.1 Å². The molecule has 104 valence electrons. The highest BCUT2D eigenvalue weighted by molar-refractivity contribution is 6.02. The number of benzene rings is 3. The average molecular weight is 284 g/mol. The number of aromatic amines is 3. The van der Waals surface area contributed by atoms with Crippen molar-refractivity contribution in [2.45, 2.75) is 0 Å². The monoisotopic (exact) mass is 284 g/mol. The van der Waals surface area contributed by atoms with E-state index in [2.05, 4.69) is 74.4 Å². The summed E-state index contributed by atoms with van der Waals surface area (Å²) < 4.78 is 0. The SMILES string of the molecule is c1cc2[nH]c1cc2N(c1cc2ccc1[nH]2)c1cc2ccc1[nH]2. The number of anilines is 3. The Hall–Kier alpha value is -3.14. The van der Waals surface area contributed by atoms with Gasteiger partial charge in [0.1, 0.15) is 0 Å².